The van der Waals surface area contributed by atoms with Crippen molar-refractivity contribution in [1.29, 1.82) is 0 Å². The van der Waals surface area contributed by atoms with Crippen molar-refractivity contribution < 1.29 is 0 Å². The standard InChI is InChI=1S/C11H23NS2/c1-6-12(7-2)9-11(4,5)10(13)14-8-3/h6-9H2,1-5H3. The zero-order valence-electron chi connectivity index (χ0n) is 10.1. The summed E-state index contributed by atoms with van der Waals surface area (Å²) in [6, 6.07) is 0. The molecule has 0 aliphatic rings. The van der Waals surface area contributed by atoms with E-state index in [9.17, 15) is 0 Å². The van der Waals surface area contributed by atoms with Gasteiger partial charge in [-0.25, -0.2) is 0 Å². The predicted molar refractivity (Wildman–Crippen MR) is 72.3 cm³/mol. The average molecular weight is 233 g/mol. The van der Waals surface area contributed by atoms with E-state index in [-0.39, 0.29) is 5.41 Å². The molecule has 0 bridgehead atoms. The summed E-state index contributed by atoms with van der Waals surface area (Å²) in [5, 5.41) is 0. The van der Waals surface area contributed by atoms with Gasteiger partial charge in [-0.15, -0.1) is 11.8 Å². The molecular weight excluding hydrogens is 210 g/mol. The van der Waals surface area contributed by atoms with Crippen LogP contribution in [-0.2, 0) is 0 Å². The van der Waals surface area contributed by atoms with Gasteiger partial charge in [-0.2, -0.15) is 0 Å². The van der Waals surface area contributed by atoms with Crippen molar-refractivity contribution in [2.24, 2.45) is 5.41 Å². The first-order chi connectivity index (χ1) is 6.47. The Morgan fingerprint density at radius 3 is 2.07 bits per heavy atom. The molecule has 0 aliphatic heterocycles. The van der Waals surface area contributed by atoms with E-state index in [0.29, 0.717) is 0 Å². The molecule has 0 fully saturated rings. The van der Waals surface area contributed by atoms with Crippen molar-refractivity contribution in [3.8, 4) is 0 Å². The molecule has 0 aromatic heterocycles. The summed E-state index contributed by atoms with van der Waals surface area (Å²) in [5.74, 6) is 1.08. The molecule has 0 aromatic rings. The van der Waals surface area contributed by atoms with E-state index in [1.165, 1.54) is 0 Å². The number of rotatable bonds is 6. The summed E-state index contributed by atoms with van der Waals surface area (Å²) in [4.78, 5) is 2.43. The van der Waals surface area contributed by atoms with Crippen molar-refractivity contribution in [2.75, 3.05) is 25.4 Å². The quantitative estimate of drug-likeness (QED) is 0.647. The first kappa shape index (κ1) is 14.4. The normalized spacial score (nSPS) is 12.1. The van der Waals surface area contributed by atoms with Crippen LogP contribution in [0.15, 0.2) is 0 Å². The van der Waals surface area contributed by atoms with Crippen LogP contribution in [0.25, 0.3) is 0 Å². The highest BCUT2D eigenvalue weighted by molar-refractivity contribution is 8.23. The zero-order chi connectivity index (χ0) is 11.2. The molecule has 0 aromatic carbocycles. The molecule has 0 saturated carbocycles. The molecule has 0 unspecified atom stereocenters. The van der Waals surface area contributed by atoms with E-state index >= 15 is 0 Å². The molecule has 0 spiro atoms. The van der Waals surface area contributed by atoms with Gasteiger partial charge in [-0.3, -0.25) is 0 Å². The second-order valence-corrected chi connectivity index (χ2v) is 6.01. The topological polar surface area (TPSA) is 3.24 Å². The van der Waals surface area contributed by atoms with Crippen molar-refractivity contribution >= 4 is 28.2 Å². The van der Waals surface area contributed by atoms with Crippen molar-refractivity contribution in [3.63, 3.8) is 0 Å². The second kappa shape index (κ2) is 6.81. The molecule has 0 aliphatic carbocycles. The summed E-state index contributed by atoms with van der Waals surface area (Å²) >= 11 is 7.25. The maximum Gasteiger partial charge on any atom is 0.0547 e. The van der Waals surface area contributed by atoms with Gasteiger partial charge in [0, 0.05) is 12.0 Å². The smallest absolute Gasteiger partial charge is 0.0547 e. The Labute approximate surface area is 98.6 Å². The number of thiocarbonyl (C=S) groups is 1. The Kier molecular flexibility index (Phi) is 7.00. The molecule has 14 heavy (non-hydrogen) atoms. The third-order valence-electron chi connectivity index (χ3n) is 2.34. The lowest BCUT2D eigenvalue weighted by Crippen LogP contribution is -2.37. The molecule has 0 rings (SSSR count). The summed E-state index contributed by atoms with van der Waals surface area (Å²) in [6.45, 7) is 14.4. The first-order valence-corrected chi connectivity index (χ1v) is 6.76. The summed E-state index contributed by atoms with van der Waals surface area (Å²) in [6.07, 6.45) is 0. The Morgan fingerprint density at radius 1 is 1.21 bits per heavy atom. The van der Waals surface area contributed by atoms with Gasteiger partial charge in [0.2, 0.25) is 0 Å². The van der Waals surface area contributed by atoms with E-state index in [1.807, 2.05) is 0 Å². The number of hydrogen-bond acceptors (Lipinski definition) is 3. The van der Waals surface area contributed by atoms with Crippen LogP contribution in [0.3, 0.4) is 0 Å². The van der Waals surface area contributed by atoms with Crippen molar-refractivity contribution in [1.82, 2.24) is 4.90 Å². The number of nitrogens with zero attached hydrogens (tertiary/aromatic N) is 1. The van der Waals surface area contributed by atoms with Gasteiger partial charge in [0.25, 0.3) is 0 Å². The van der Waals surface area contributed by atoms with Crippen LogP contribution < -0.4 is 0 Å². The molecule has 0 radical (unpaired) electrons. The maximum atomic E-state index is 5.44. The SMILES string of the molecule is CCSC(=S)C(C)(C)CN(CC)CC. The fourth-order valence-electron chi connectivity index (χ4n) is 1.40. The Bertz CT molecular complexity index is 174. The summed E-state index contributed by atoms with van der Waals surface area (Å²) in [5.41, 5.74) is 0.155. The fraction of sp³-hybridized carbons (Fsp3) is 0.909. The average Bonchev–Trinajstić information content (AvgIpc) is 2.14. The molecule has 0 N–H and O–H groups in total. The van der Waals surface area contributed by atoms with Gasteiger partial charge in [0.05, 0.1) is 4.20 Å². The summed E-state index contributed by atoms with van der Waals surface area (Å²) < 4.78 is 1.15. The molecule has 0 heterocycles. The Morgan fingerprint density at radius 2 is 1.71 bits per heavy atom. The minimum atomic E-state index is 0.155. The van der Waals surface area contributed by atoms with E-state index in [1.54, 1.807) is 11.8 Å². The molecule has 0 saturated heterocycles. The Hall–Kier alpha value is 0.400. The van der Waals surface area contributed by atoms with Crippen LogP contribution in [0.2, 0.25) is 0 Å². The van der Waals surface area contributed by atoms with E-state index in [4.69, 9.17) is 12.2 Å². The predicted octanol–water partition coefficient (Wildman–Crippen LogP) is 3.43. The van der Waals surface area contributed by atoms with Crippen LogP contribution in [0.4, 0.5) is 0 Å². The van der Waals surface area contributed by atoms with Gasteiger partial charge >= 0.3 is 0 Å². The number of thioether (sulfide) groups is 1. The lowest BCUT2D eigenvalue weighted by Gasteiger charge is -2.31. The lowest BCUT2D eigenvalue weighted by atomic mass is 9.95. The van der Waals surface area contributed by atoms with Crippen molar-refractivity contribution in [2.45, 2.75) is 34.6 Å². The second-order valence-electron chi connectivity index (χ2n) is 4.07. The van der Waals surface area contributed by atoms with Crippen LogP contribution in [0.1, 0.15) is 34.6 Å². The summed E-state index contributed by atoms with van der Waals surface area (Å²) in [7, 11) is 0. The van der Waals surface area contributed by atoms with Gasteiger partial charge in [-0.05, 0) is 18.8 Å². The van der Waals surface area contributed by atoms with Gasteiger partial charge in [-0.1, -0.05) is 46.8 Å². The Balaban J connectivity index is 4.23. The highest BCUT2D eigenvalue weighted by atomic mass is 32.2. The fourth-order valence-corrected chi connectivity index (χ4v) is 2.53. The van der Waals surface area contributed by atoms with Crippen LogP contribution in [0.5, 0.6) is 0 Å². The minimum absolute atomic E-state index is 0.155. The highest BCUT2D eigenvalue weighted by Crippen LogP contribution is 2.26. The lowest BCUT2D eigenvalue weighted by molar-refractivity contribution is 0.244. The van der Waals surface area contributed by atoms with Gasteiger partial charge in [0.15, 0.2) is 0 Å². The molecule has 0 atom stereocenters. The number of hydrogen-bond donors (Lipinski definition) is 0. The molecule has 0 amide bonds. The van der Waals surface area contributed by atoms with E-state index in [0.717, 1.165) is 29.6 Å². The van der Waals surface area contributed by atoms with Crippen LogP contribution in [0, 0.1) is 5.41 Å². The minimum Gasteiger partial charge on any atom is -0.303 e. The molecule has 3 heteroatoms. The zero-order valence-corrected chi connectivity index (χ0v) is 11.7. The van der Waals surface area contributed by atoms with Crippen LogP contribution in [-0.4, -0.2) is 34.5 Å². The third kappa shape index (κ3) is 4.76. The van der Waals surface area contributed by atoms with Crippen molar-refractivity contribution in [3.05, 3.63) is 0 Å². The van der Waals surface area contributed by atoms with Crippen LogP contribution >= 0.6 is 24.0 Å². The molecule has 1 nitrogen and oxygen atoms in total. The highest BCUT2D eigenvalue weighted by Gasteiger charge is 2.25. The third-order valence-corrected chi connectivity index (χ3v) is 4.35. The molecular formula is C11H23NS2. The van der Waals surface area contributed by atoms with Gasteiger partial charge < -0.3 is 4.90 Å². The maximum absolute atomic E-state index is 5.44. The molecule has 84 valence electrons. The van der Waals surface area contributed by atoms with Gasteiger partial charge in [0.1, 0.15) is 0 Å². The first-order valence-electron chi connectivity index (χ1n) is 5.37. The van der Waals surface area contributed by atoms with E-state index < -0.39 is 0 Å². The largest absolute Gasteiger partial charge is 0.303 e. The monoisotopic (exact) mass is 233 g/mol. The van der Waals surface area contributed by atoms with E-state index in [2.05, 4.69) is 39.5 Å².